The lowest BCUT2D eigenvalue weighted by molar-refractivity contribution is 0.0950. The number of hydrogen-bond acceptors (Lipinski definition) is 4. The Morgan fingerprint density at radius 2 is 2.08 bits per heavy atom. The number of pyridine rings is 1. The number of hydrogen-bond donors (Lipinski definition) is 1. The Morgan fingerprint density at radius 3 is 2.79 bits per heavy atom. The van der Waals surface area contributed by atoms with Crippen LogP contribution in [0.25, 0.3) is 22.4 Å². The summed E-state index contributed by atoms with van der Waals surface area (Å²) in [4.78, 5) is 16.9. The molecule has 0 aliphatic rings. The quantitative estimate of drug-likeness (QED) is 0.793. The molecule has 6 heteroatoms. The zero-order valence-electron chi connectivity index (χ0n) is 13.8. The van der Waals surface area contributed by atoms with Crippen molar-refractivity contribution in [3.63, 3.8) is 0 Å². The fraction of sp³-hybridized carbons (Fsp3) is 0.278. The number of aryl methyl sites for hydroxylation is 1. The summed E-state index contributed by atoms with van der Waals surface area (Å²) in [5.74, 6) is -0.338. The van der Waals surface area contributed by atoms with E-state index in [0.29, 0.717) is 40.4 Å². The zero-order chi connectivity index (χ0) is 17.3. The maximum Gasteiger partial charge on any atom is 0.259 e. The van der Waals surface area contributed by atoms with E-state index in [-0.39, 0.29) is 11.6 Å². The lowest BCUT2D eigenvalue weighted by atomic mass is 10.0. The highest BCUT2D eigenvalue weighted by Crippen LogP contribution is 2.28. The molecular weight excluding hydrogens is 309 g/mol. The smallest absolute Gasteiger partial charge is 0.259 e. The van der Waals surface area contributed by atoms with Crippen LogP contribution in [0, 0.1) is 18.7 Å². The van der Waals surface area contributed by atoms with Crippen LogP contribution in [0.4, 0.5) is 4.39 Å². The molecule has 2 heterocycles. The maximum atomic E-state index is 14.1. The summed E-state index contributed by atoms with van der Waals surface area (Å²) in [7, 11) is 0. The summed E-state index contributed by atoms with van der Waals surface area (Å²) in [6.45, 7) is 6.31. The van der Waals surface area contributed by atoms with Gasteiger partial charge in [-0.1, -0.05) is 31.1 Å². The van der Waals surface area contributed by atoms with Crippen LogP contribution >= 0.6 is 0 Å². The van der Waals surface area contributed by atoms with Crippen molar-refractivity contribution in [2.45, 2.75) is 20.8 Å². The fourth-order valence-electron chi connectivity index (χ4n) is 2.47. The fourth-order valence-corrected chi connectivity index (χ4v) is 2.47. The zero-order valence-corrected chi connectivity index (χ0v) is 13.8. The second-order valence-corrected chi connectivity index (χ2v) is 6.09. The average molecular weight is 327 g/mol. The van der Waals surface area contributed by atoms with Gasteiger partial charge in [-0.15, -0.1) is 0 Å². The first kappa shape index (κ1) is 16.1. The molecule has 0 aliphatic heterocycles. The van der Waals surface area contributed by atoms with Crippen molar-refractivity contribution < 1.29 is 13.7 Å². The van der Waals surface area contributed by atoms with Crippen LogP contribution < -0.4 is 5.32 Å². The van der Waals surface area contributed by atoms with E-state index >= 15 is 0 Å². The van der Waals surface area contributed by atoms with Gasteiger partial charge in [0, 0.05) is 12.1 Å². The topological polar surface area (TPSA) is 68.0 Å². The number of amides is 1. The number of halogens is 1. The molecule has 0 radical (unpaired) electrons. The van der Waals surface area contributed by atoms with Gasteiger partial charge in [0.05, 0.1) is 22.3 Å². The molecule has 0 spiro atoms. The van der Waals surface area contributed by atoms with Crippen molar-refractivity contribution in [2.24, 2.45) is 5.92 Å². The number of carbonyl (C=O) groups excluding carboxylic acids is 1. The Labute approximate surface area is 138 Å². The molecule has 3 rings (SSSR count). The minimum atomic E-state index is -0.408. The third-order valence-electron chi connectivity index (χ3n) is 3.68. The first-order valence-electron chi connectivity index (χ1n) is 7.77. The van der Waals surface area contributed by atoms with Crippen molar-refractivity contribution in [1.82, 2.24) is 15.5 Å². The summed E-state index contributed by atoms with van der Waals surface area (Å²) in [5.41, 5.74) is 1.84. The highest BCUT2D eigenvalue weighted by Gasteiger charge is 2.20. The Morgan fingerprint density at radius 1 is 1.33 bits per heavy atom. The minimum Gasteiger partial charge on any atom is -0.352 e. The molecule has 1 aromatic carbocycles. The third kappa shape index (κ3) is 2.99. The third-order valence-corrected chi connectivity index (χ3v) is 3.68. The monoisotopic (exact) mass is 327 g/mol. The molecule has 1 amide bonds. The van der Waals surface area contributed by atoms with E-state index in [2.05, 4.69) is 15.5 Å². The minimum absolute atomic E-state index is 0.225. The molecule has 5 nitrogen and oxygen atoms in total. The standard InChI is InChI=1S/C18H18FN3O2/c1-10(2)9-20-17(23)13-8-15(12-6-4-5-7-14(12)19)21-18-16(13)11(3)22-24-18/h4-8,10H,9H2,1-3H3,(H,20,23). The first-order valence-corrected chi connectivity index (χ1v) is 7.77. The van der Waals surface area contributed by atoms with E-state index in [9.17, 15) is 9.18 Å². The summed E-state index contributed by atoms with van der Waals surface area (Å²) in [6.07, 6.45) is 0. The van der Waals surface area contributed by atoms with Gasteiger partial charge in [0.2, 0.25) is 0 Å². The second-order valence-electron chi connectivity index (χ2n) is 6.09. The van der Waals surface area contributed by atoms with E-state index in [1.165, 1.54) is 6.07 Å². The number of nitrogens with zero attached hydrogens (tertiary/aromatic N) is 2. The van der Waals surface area contributed by atoms with Crippen LogP contribution in [0.1, 0.15) is 29.9 Å². The molecule has 2 aromatic heterocycles. The number of carbonyl (C=O) groups is 1. The summed E-state index contributed by atoms with van der Waals surface area (Å²) < 4.78 is 19.3. The van der Waals surface area contributed by atoms with Gasteiger partial charge in [0.15, 0.2) is 0 Å². The summed E-state index contributed by atoms with van der Waals surface area (Å²) in [5, 5.41) is 7.30. The van der Waals surface area contributed by atoms with E-state index in [4.69, 9.17) is 4.52 Å². The molecule has 0 fully saturated rings. The average Bonchev–Trinajstić information content (AvgIpc) is 2.93. The Bertz CT molecular complexity index is 902. The Kier molecular flexibility index (Phi) is 4.29. The van der Waals surface area contributed by atoms with Crippen LogP contribution in [-0.2, 0) is 0 Å². The molecule has 0 aliphatic carbocycles. The van der Waals surface area contributed by atoms with Gasteiger partial charge in [-0.2, -0.15) is 0 Å². The lowest BCUT2D eigenvalue weighted by Gasteiger charge is -2.10. The molecule has 0 bridgehead atoms. The highest BCUT2D eigenvalue weighted by molar-refractivity contribution is 6.07. The van der Waals surface area contributed by atoms with E-state index in [0.717, 1.165) is 0 Å². The van der Waals surface area contributed by atoms with E-state index < -0.39 is 5.82 Å². The molecular formula is C18H18FN3O2. The SMILES string of the molecule is Cc1noc2nc(-c3ccccc3F)cc(C(=O)NCC(C)C)c12. The number of benzene rings is 1. The van der Waals surface area contributed by atoms with Crippen molar-refractivity contribution in [3.05, 3.63) is 47.4 Å². The van der Waals surface area contributed by atoms with Crippen LogP contribution in [0.15, 0.2) is 34.9 Å². The summed E-state index contributed by atoms with van der Waals surface area (Å²) >= 11 is 0. The number of rotatable bonds is 4. The summed E-state index contributed by atoms with van der Waals surface area (Å²) in [6, 6.07) is 7.87. The van der Waals surface area contributed by atoms with Gasteiger partial charge in [-0.3, -0.25) is 4.79 Å². The van der Waals surface area contributed by atoms with Gasteiger partial charge >= 0.3 is 0 Å². The Balaban J connectivity index is 2.14. The molecule has 0 unspecified atom stereocenters. The van der Waals surface area contributed by atoms with Gasteiger partial charge in [0.1, 0.15) is 5.82 Å². The van der Waals surface area contributed by atoms with Crippen LogP contribution in [0.3, 0.4) is 0 Å². The van der Waals surface area contributed by atoms with E-state index in [1.807, 2.05) is 13.8 Å². The van der Waals surface area contributed by atoms with Crippen molar-refractivity contribution in [1.29, 1.82) is 0 Å². The molecule has 124 valence electrons. The number of nitrogens with one attached hydrogen (secondary N) is 1. The predicted molar refractivity (Wildman–Crippen MR) is 89.1 cm³/mol. The van der Waals surface area contributed by atoms with E-state index in [1.54, 1.807) is 31.2 Å². The number of fused-ring (bicyclic) bond motifs is 1. The van der Waals surface area contributed by atoms with Gasteiger partial charge < -0.3 is 9.84 Å². The van der Waals surface area contributed by atoms with Crippen LogP contribution in [0.2, 0.25) is 0 Å². The maximum absolute atomic E-state index is 14.1. The van der Waals surface area contributed by atoms with Crippen LogP contribution in [0.5, 0.6) is 0 Å². The van der Waals surface area contributed by atoms with Crippen molar-refractivity contribution in [2.75, 3.05) is 6.54 Å². The lowest BCUT2D eigenvalue weighted by Crippen LogP contribution is -2.27. The van der Waals surface area contributed by atoms with Gasteiger partial charge in [-0.25, -0.2) is 9.37 Å². The number of aromatic nitrogens is 2. The molecule has 1 N–H and O–H groups in total. The molecule has 24 heavy (non-hydrogen) atoms. The van der Waals surface area contributed by atoms with Crippen molar-refractivity contribution >= 4 is 17.0 Å². The molecule has 0 saturated carbocycles. The highest BCUT2D eigenvalue weighted by atomic mass is 19.1. The first-order chi connectivity index (χ1) is 11.5. The van der Waals surface area contributed by atoms with Gasteiger partial charge in [0.25, 0.3) is 11.6 Å². The molecule has 3 aromatic rings. The second kappa shape index (κ2) is 6.39. The normalized spacial score (nSPS) is 11.2. The predicted octanol–water partition coefficient (Wildman–Crippen LogP) is 3.72. The van der Waals surface area contributed by atoms with Crippen LogP contribution in [-0.4, -0.2) is 22.6 Å². The van der Waals surface area contributed by atoms with Crippen molar-refractivity contribution in [3.8, 4) is 11.3 Å². The largest absolute Gasteiger partial charge is 0.352 e. The Hall–Kier alpha value is -2.76. The van der Waals surface area contributed by atoms with Gasteiger partial charge in [-0.05, 0) is 31.0 Å². The molecule has 0 atom stereocenters. The molecule has 0 saturated heterocycles.